The highest BCUT2D eigenvalue weighted by Crippen LogP contribution is 2.33. The number of carbonyl (C=O) groups is 1. The van der Waals surface area contributed by atoms with E-state index in [-0.39, 0.29) is 18.2 Å². The Morgan fingerprint density at radius 3 is 2.53 bits per heavy atom. The molecule has 0 saturated heterocycles. The molecule has 0 unspecified atom stereocenters. The lowest BCUT2D eigenvalue weighted by molar-refractivity contribution is -0.121. The van der Waals surface area contributed by atoms with E-state index < -0.39 is 0 Å². The maximum absolute atomic E-state index is 12.8. The molecule has 1 heterocycles. The number of imidazole rings is 1. The molecule has 2 N–H and O–H groups in total. The van der Waals surface area contributed by atoms with E-state index in [4.69, 9.17) is 4.98 Å². The molecule has 0 spiro atoms. The monoisotopic (exact) mass is 512 g/mol. The molecule has 0 bridgehead atoms. The Balaban J connectivity index is 1.36. The van der Waals surface area contributed by atoms with E-state index in [0.717, 1.165) is 32.3 Å². The van der Waals surface area contributed by atoms with Crippen LogP contribution in [0, 0.1) is 0 Å². The van der Waals surface area contributed by atoms with Crippen molar-refractivity contribution in [1.29, 1.82) is 0 Å². The van der Waals surface area contributed by atoms with Gasteiger partial charge in [0.1, 0.15) is 18.1 Å². The van der Waals surface area contributed by atoms with Crippen LogP contribution in [0.1, 0.15) is 17.0 Å². The number of hydrogen-bond donors (Lipinski definition) is 2. The van der Waals surface area contributed by atoms with Crippen molar-refractivity contribution in [3.05, 3.63) is 106 Å². The fourth-order valence-corrected chi connectivity index (χ4v) is 4.59. The third kappa shape index (κ3) is 4.43. The molecule has 4 aromatic carbocycles. The summed E-state index contributed by atoms with van der Waals surface area (Å²) in [7, 11) is 0. The average Bonchev–Trinajstić information content (AvgIpc) is 3.19. The van der Waals surface area contributed by atoms with Gasteiger partial charge in [-0.3, -0.25) is 4.79 Å². The first-order valence-electron chi connectivity index (χ1n) is 10.8. The Kier molecular flexibility index (Phi) is 6.10. The highest BCUT2D eigenvalue weighted by atomic mass is 79.9. The third-order valence-corrected chi connectivity index (χ3v) is 6.28. The molecule has 1 aromatic heterocycles. The minimum absolute atomic E-state index is 0.0768. The number of rotatable bonds is 6. The summed E-state index contributed by atoms with van der Waals surface area (Å²) in [4.78, 5) is 17.5. The van der Waals surface area contributed by atoms with Crippen LogP contribution >= 0.6 is 15.9 Å². The number of hydrogen-bond acceptors (Lipinski definition) is 4. The Labute approximate surface area is 204 Å². The number of nitrogens with zero attached hydrogens (tertiary/aromatic N) is 3. The summed E-state index contributed by atoms with van der Waals surface area (Å²) in [6.45, 7) is 0.0768. The van der Waals surface area contributed by atoms with Crippen molar-refractivity contribution in [1.82, 2.24) is 15.0 Å². The Bertz CT molecular complexity index is 1530. The molecule has 0 radical (unpaired) electrons. The van der Waals surface area contributed by atoms with Crippen LogP contribution in [0.5, 0.6) is 5.75 Å². The van der Waals surface area contributed by atoms with Crippen molar-refractivity contribution < 1.29 is 9.90 Å². The van der Waals surface area contributed by atoms with Gasteiger partial charge in [0, 0.05) is 21.8 Å². The SMILES string of the molecule is O=C(Cn1c(Cc2ccccc2)nc2ccccc21)N/N=C/c1cc(Br)c2ccccc2c1O. The fourth-order valence-electron chi connectivity index (χ4n) is 4.00. The summed E-state index contributed by atoms with van der Waals surface area (Å²) in [5.74, 6) is 0.637. The number of amides is 1. The van der Waals surface area contributed by atoms with Gasteiger partial charge in [0.2, 0.25) is 0 Å². The molecule has 0 saturated carbocycles. The number of phenolic OH excluding ortho intramolecular Hbond substituents is 1. The van der Waals surface area contributed by atoms with Crippen molar-refractivity contribution in [2.75, 3.05) is 0 Å². The van der Waals surface area contributed by atoms with Gasteiger partial charge in [-0.2, -0.15) is 5.10 Å². The van der Waals surface area contributed by atoms with Crippen LogP contribution in [0.25, 0.3) is 21.8 Å². The number of hydrazone groups is 1. The Morgan fingerprint density at radius 1 is 1.00 bits per heavy atom. The van der Waals surface area contributed by atoms with E-state index >= 15 is 0 Å². The largest absolute Gasteiger partial charge is 0.507 e. The number of para-hydroxylation sites is 2. The maximum atomic E-state index is 12.8. The Hall–Kier alpha value is -3.97. The first-order chi connectivity index (χ1) is 16.6. The van der Waals surface area contributed by atoms with Gasteiger partial charge in [0.05, 0.1) is 17.2 Å². The first kappa shape index (κ1) is 21.9. The van der Waals surface area contributed by atoms with Crippen LogP contribution in [0.2, 0.25) is 0 Å². The lowest BCUT2D eigenvalue weighted by Gasteiger charge is -2.09. The van der Waals surface area contributed by atoms with Gasteiger partial charge in [0.15, 0.2) is 0 Å². The number of benzene rings is 4. The van der Waals surface area contributed by atoms with E-state index in [1.54, 1.807) is 6.07 Å². The minimum atomic E-state index is -0.284. The van der Waals surface area contributed by atoms with E-state index in [1.807, 2.05) is 83.4 Å². The normalized spacial score (nSPS) is 11.4. The lowest BCUT2D eigenvalue weighted by Crippen LogP contribution is -2.24. The van der Waals surface area contributed by atoms with Gasteiger partial charge in [-0.1, -0.05) is 82.7 Å². The van der Waals surface area contributed by atoms with Gasteiger partial charge in [0.25, 0.3) is 5.91 Å². The van der Waals surface area contributed by atoms with Crippen molar-refractivity contribution in [2.45, 2.75) is 13.0 Å². The number of aromatic hydroxyl groups is 1. The van der Waals surface area contributed by atoms with E-state index in [2.05, 4.69) is 26.5 Å². The standard InChI is InChI=1S/C27H21BrN4O2/c28-22-15-19(27(34)21-11-5-4-10-20(21)22)16-29-31-26(33)17-32-24-13-7-6-12-23(24)30-25(32)14-18-8-2-1-3-9-18/h1-13,15-16,34H,14,17H2,(H,31,33)/b29-16+. The van der Waals surface area contributed by atoms with Crippen LogP contribution < -0.4 is 5.43 Å². The molecule has 0 aliphatic heterocycles. The van der Waals surface area contributed by atoms with Gasteiger partial charge < -0.3 is 9.67 Å². The highest BCUT2D eigenvalue weighted by Gasteiger charge is 2.14. The highest BCUT2D eigenvalue weighted by molar-refractivity contribution is 9.10. The van der Waals surface area contributed by atoms with Gasteiger partial charge >= 0.3 is 0 Å². The zero-order valence-corrected chi connectivity index (χ0v) is 19.7. The summed E-state index contributed by atoms with van der Waals surface area (Å²) >= 11 is 3.53. The molecule has 0 aliphatic rings. The Morgan fingerprint density at radius 2 is 1.71 bits per heavy atom. The first-order valence-corrected chi connectivity index (χ1v) is 11.6. The molecule has 0 fully saturated rings. The molecule has 0 aliphatic carbocycles. The maximum Gasteiger partial charge on any atom is 0.260 e. The van der Waals surface area contributed by atoms with E-state index in [1.165, 1.54) is 6.21 Å². The summed E-state index contributed by atoms with van der Waals surface area (Å²) in [5, 5.41) is 16.3. The van der Waals surface area contributed by atoms with Gasteiger partial charge in [-0.15, -0.1) is 0 Å². The molecule has 1 amide bonds. The predicted octanol–water partition coefficient (Wildman–Crippen LogP) is 5.40. The molecule has 168 valence electrons. The zero-order chi connectivity index (χ0) is 23.5. The molecule has 34 heavy (non-hydrogen) atoms. The lowest BCUT2D eigenvalue weighted by atomic mass is 10.1. The predicted molar refractivity (Wildman–Crippen MR) is 138 cm³/mol. The van der Waals surface area contributed by atoms with Crippen molar-refractivity contribution in [2.24, 2.45) is 5.10 Å². The minimum Gasteiger partial charge on any atom is -0.507 e. The number of carbonyl (C=O) groups excluding carboxylic acids is 1. The summed E-state index contributed by atoms with van der Waals surface area (Å²) in [6.07, 6.45) is 2.06. The third-order valence-electron chi connectivity index (χ3n) is 5.63. The summed E-state index contributed by atoms with van der Waals surface area (Å²) in [6, 6.07) is 27.1. The van der Waals surface area contributed by atoms with Crippen LogP contribution in [0.3, 0.4) is 0 Å². The second-order valence-electron chi connectivity index (χ2n) is 7.90. The number of halogens is 1. The van der Waals surface area contributed by atoms with Crippen molar-refractivity contribution in [3.8, 4) is 5.75 Å². The van der Waals surface area contributed by atoms with Gasteiger partial charge in [-0.25, -0.2) is 10.4 Å². The number of nitrogens with one attached hydrogen (secondary N) is 1. The summed E-state index contributed by atoms with van der Waals surface area (Å²) in [5.41, 5.74) is 5.93. The van der Waals surface area contributed by atoms with Crippen LogP contribution in [-0.2, 0) is 17.8 Å². The number of aromatic nitrogens is 2. The number of fused-ring (bicyclic) bond motifs is 2. The van der Waals surface area contributed by atoms with Crippen molar-refractivity contribution >= 4 is 49.9 Å². The van der Waals surface area contributed by atoms with E-state index in [0.29, 0.717) is 17.4 Å². The molecule has 5 rings (SSSR count). The van der Waals surface area contributed by atoms with E-state index in [9.17, 15) is 9.90 Å². The summed E-state index contributed by atoms with van der Waals surface area (Å²) < 4.78 is 2.75. The average molecular weight is 513 g/mol. The molecule has 7 heteroatoms. The van der Waals surface area contributed by atoms with Crippen LogP contribution in [0.15, 0.2) is 94.5 Å². The molecular weight excluding hydrogens is 492 g/mol. The molecule has 0 atom stereocenters. The van der Waals surface area contributed by atoms with Crippen LogP contribution in [-0.4, -0.2) is 26.8 Å². The second-order valence-corrected chi connectivity index (χ2v) is 8.75. The van der Waals surface area contributed by atoms with Gasteiger partial charge in [-0.05, 0) is 29.1 Å². The number of phenols is 1. The molecule has 6 nitrogen and oxygen atoms in total. The topological polar surface area (TPSA) is 79.5 Å². The molecular formula is C27H21BrN4O2. The quantitative estimate of drug-likeness (QED) is 0.236. The van der Waals surface area contributed by atoms with Crippen molar-refractivity contribution in [3.63, 3.8) is 0 Å². The second kappa shape index (κ2) is 9.49. The van der Waals surface area contributed by atoms with Crippen LogP contribution in [0.4, 0.5) is 0 Å². The molecule has 5 aromatic rings. The zero-order valence-electron chi connectivity index (χ0n) is 18.1. The smallest absolute Gasteiger partial charge is 0.260 e. The fraction of sp³-hybridized carbons (Fsp3) is 0.0741.